The molecular formula is C23H30N6O3. The largest absolute Gasteiger partial charge is 0.370 e. The molecule has 0 radical (unpaired) electrons. The molecule has 0 fully saturated rings. The average Bonchev–Trinajstić information content (AvgIpc) is 2.76. The smallest absolute Gasteiger partial charge is 0.243 e. The third-order valence-corrected chi connectivity index (χ3v) is 4.75. The molecular weight excluding hydrogens is 408 g/mol. The van der Waals surface area contributed by atoms with Gasteiger partial charge >= 0.3 is 0 Å². The molecule has 0 aliphatic heterocycles. The van der Waals surface area contributed by atoms with Crippen molar-refractivity contribution in [2.24, 2.45) is 22.2 Å². The van der Waals surface area contributed by atoms with Gasteiger partial charge < -0.3 is 27.8 Å². The maximum Gasteiger partial charge on any atom is 0.243 e. The third-order valence-electron chi connectivity index (χ3n) is 4.75. The van der Waals surface area contributed by atoms with Crippen LogP contribution < -0.4 is 27.8 Å². The number of primary amides is 1. The summed E-state index contributed by atoms with van der Waals surface area (Å²) in [6, 6.07) is 16.6. The Morgan fingerprint density at radius 3 is 1.97 bits per heavy atom. The van der Waals surface area contributed by atoms with E-state index in [0.717, 1.165) is 11.1 Å². The average molecular weight is 439 g/mol. The molecule has 0 aliphatic carbocycles. The second-order valence-corrected chi connectivity index (χ2v) is 7.38. The highest BCUT2D eigenvalue weighted by Crippen LogP contribution is 2.06. The summed E-state index contributed by atoms with van der Waals surface area (Å²) in [6.45, 7) is 0.309. The van der Waals surface area contributed by atoms with E-state index in [9.17, 15) is 14.4 Å². The van der Waals surface area contributed by atoms with Gasteiger partial charge in [0.05, 0.1) is 6.42 Å². The van der Waals surface area contributed by atoms with Crippen LogP contribution in [0.4, 0.5) is 0 Å². The Bertz CT molecular complexity index is 914. The Morgan fingerprint density at radius 1 is 0.812 bits per heavy atom. The normalized spacial score (nSPS) is 12.2. The maximum atomic E-state index is 12.9. The van der Waals surface area contributed by atoms with Crippen molar-refractivity contribution < 1.29 is 14.4 Å². The Labute approximate surface area is 187 Å². The van der Waals surface area contributed by atoms with Crippen molar-refractivity contribution in [3.8, 4) is 0 Å². The molecule has 0 bridgehead atoms. The molecule has 0 saturated heterocycles. The first kappa shape index (κ1) is 24.4. The molecule has 0 aromatic heterocycles. The van der Waals surface area contributed by atoms with Crippen molar-refractivity contribution in [3.05, 3.63) is 71.8 Å². The summed E-state index contributed by atoms with van der Waals surface area (Å²) in [5, 5.41) is 5.42. The molecule has 0 heterocycles. The molecule has 9 nitrogen and oxygen atoms in total. The number of nitrogens with one attached hydrogen (secondary N) is 2. The molecule has 2 aromatic rings. The van der Waals surface area contributed by atoms with Gasteiger partial charge in [0.2, 0.25) is 17.7 Å². The van der Waals surface area contributed by atoms with Gasteiger partial charge in [-0.1, -0.05) is 60.7 Å². The zero-order chi connectivity index (χ0) is 23.3. The number of hydrogen-bond donors (Lipinski definition) is 5. The molecule has 0 spiro atoms. The fraction of sp³-hybridized carbons (Fsp3) is 0.304. The van der Waals surface area contributed by atoms with E-state index in [2.05, 4.69) is 15.6 Å². The van der Waals surface area contributed by atoms with Crippen LogP contribution in [0.2, 0.25) is 0 Å². The predicted molar refractivity (Wildman–Crippen MR) is 123 cm³/mol. The fourth-order valence-electron chi connectivity index (χ4n) is 3.14. The highest BCUT2D eigenvalue weighted by molar-refractivity contribution is 5.92. The summed E-state index contributed by atoms with van der Waals surface area (Å²) in [5.74, 6) is -1.50. The molecule has 9 heteroatoms. The van der Waals surface area contributed by atoms with E-state index in [1.807, 2.05) is 60.7 Å². The lowest BCUT2D eigenvalue weighted by atomic mass is 10.0. The Morgan fingerprint density at radius 2 is 1.41 bits per heavy atom. The molecule has 3 amide bonds. The van der Waals surface area contributed by atoms with Gasteiger partial charge in [0.15, 0.2) is 5.96 Å². The van der Waals surface area contributed by atoms with Crippen LogP contribution in [0.1, 0.15) is 24.0 Å². The van der Waals surface area contributed by atoms with Crippen molar-refractivity contribution in [1.82, 2.24) is 10.6 Å². The highest BCUT2D eigenvalue weighted by atomic mass is 16.2. The van der Waals surface area contributed by atoms with Crippen molar-refractivity contribution in [2.75, 3.05) is 6.54 Å². The lowest BCUT2D eigenvalue weighted by Crippen LogP contribution is -2.53. The summed E-state index contributed by atoms with van der Waals surface area (Å²) in [5.41, 5.74) is 17.9. The first-order valence-corrected chi connectivity index (χ1v) is 10.4. The fourth-order valence-corrected chi connectivity index (χ4v) is 3.14. The molecule has 2 rings (SSSR count). The molecule has 0 saturated carbocycles. The zero-order valence-corrected chi connectivity index (χ0v) is 17.9. The van der Waals surface area contributed by atoms with Crippen molar-refractivity contribution in [3.63, 3.8) is 0 Å². The van der Waals surface area contributed by atoms with E-state index in [0.29, 0.717) is 19.4 Å². The number of nitrogens with zero attached hydrogens (tertiary/aromatic N) is 1. The Balaban J connectivity index is 2.05. The number of carbonyl (C=O) groups excluding carboxylic acids is 3. The number of nitrogens with two attached hydrogens (primary N) is 3. The van der Waals surface area contributed by atoms with Crippen LogP contribution in [0.25, 0.3) is 0 Å². The summed E-state index contributed by atoms with van der Waals surface area (Å²) >= 11 is 0. The Kier molecular flexibility index (Phi) is 9.70. The number of amides is 3. The second kappa shape index (κ2) is 12.7. The molecule has 2 atom stereocenters. The van der Waals surface area contributed by atoms with Gasteiger partial charge in [0.25, 0.3) is 0 Å². The Hall–Kier alpha value is -3.88. The topological polar surface area (TPSA) is 166 Å². The van der Waals surface area contributed by atoms with Crippen molar-refractivity contribution in [2.45, 2.75) is 37.8 Å². The molecule has 0 unspecified atom stereocenters. The number of guanidine groups is 1. The second-order valence-electron chi connectivity index (χ2n) is 7.38. The summed E-state index contributed by atoms with van der Waals surface area (Å²) in [7, 11) is 0. The van der Waals surface area contributed by atoms with Gasteiger partial charge in [-0.15, -0.1) is 0 Å². The van der Waals surface area contributed by atoms with E-state index in [-0.39, 0.29) is 24.7 Å². The molecule has 2 aromatic carbocycles. The number of hydrogen-bond acceptors (Lipinski definition) is 4. The number of rotatable bonds is 12. The van der Waals surface area contributed by atoms with E-state index < -0.39 is 23.9 Å². The van der Waals surface area contributed by atoms with Gasteiger partial charge in [0, 0.05) is 13.0 Å². The molecule has 170 valence electrons. The first-order valence-electron chi connectivity index (χ1n) is 10.4. The SMILES string of the molecule is NC(=O)[C@@H](Cc1ccccc1)NC(=O)[C@@H](CCCN=C(N)N)NC(=O)Cc1ccccc1. The predicted octanol–water partition coefficient (Wildman–Crippen LogP) is -0.0197. The molecule has 8 N–H and O–H groups in total. The monoisotopic (exact) mass is 438 g/mol. The molecule has 0 aliphatic rings. The number of aliphatic imine (C=N–C) groups is 1. The third kappa shape index (κ3) is 8.86. The molecule has 32 heavy (non-hydrogen) atoms. The highest BCUT2D eigenvalue weighted by Gasteiger charge is 2.25. The minimum absolute atomic E-state index is 0.0456. The van der Waals surface area contributed by atoms with E-state index >= 15 is 0 Å². The van der Waals surface area contributed by atoms with E-state index in [1.54, 1.807) is 0 Å². The number of carbonyl (C=O) groups is 3. The van der Waals surface area contributed by atoms with Crippen LogP contribution in [-0.2, 0) is 27.2 Å². The van der Waals surface area contributed by atoms with Crippen molar-refractivity contribution >= 4 is 23.7 Å². The standard InChI is InChI=1S/C23H30N6O3/c24-21(31)19(14-16-8-3-1-4-9-16)29-22(32)18(12-7-13-27-23(25)26)28-20(30)15-17-10-5-2-6-11-17/h1-6,8-11,18-19H,7,12-15H2,(H2,24,31)(H,28,30)(H,29,32)(H4,25,26,27)/t18-,19-/m1/s1. The van der Waals surface area contributed by atoms with Gasteiger partial charge in [0.1, 0.15) is 12.1 Å². The van der Waals surface area contributed by atoms with Crippen LogP contribution in [0.3, 0.4) is 0 Å². The zero-order valence-electron chi connectivity index (χ0n) is 17.9. The lowest BCUT2D eigenvalue weighted by molar-refractivity contribution is -0.131. The summed E-state index contributed by atoms with van der Waals surface area (Å²) in [6.07, 6.45) is 1.13. The van der Waals surface area contributed by atoms with Gasteiger partial charge in [-0.05, 0) is 24.0 Å². The lowest BCUT2D eigenvalue weighted by Gasteiger charge is -2.22. The summed E-state index contributed by atoms with van der Waals surface area (Å²) in [4.78, 5) is 41.3. The first-order chi connectivity index (χ1) is 15.3. The van der Waals surface area contributed by atoms with Crippen LogP contribution >= 0.6 is 0 Å². The minimum atomic E-state index is -0.906. The van der Waals surface area contributed by atoms with Crippen LogP contribution in [-0.4, -0.2) is 42.3 Å². The van der Waals surface area contributed by atoms with Gasteiger partial charge in [-0.25, -0.2) is 0 Å². The minimum Gasteiger partial charge on any atom is -0.370 e. The van der Waals surface area contributed by atoms with E-state index in [1.165, 1.54) is 0 Å². The summed E-state index contributed by atoms with van der Waals surface area (Å²) < 4.78 is 0. The quantitative estimate of drug-likeness (QED) is 0.178. The number of benzene rings is 2. The van der Waals surface area contributed by atoms with E-state index in [4.69, 9.17) is 17.2 Å². The van der Waals surface area contributed by atoms with Gasteiger partial charge in [-0.3, -0.25) is 19.4 Å². The van der Waals surface area contributed by atoms with Crippen molar-refractivity contribution in [1.29, 1.82) is 0 Å². The maximum absolute atomic E-state index is 12.9. The van der Waals surface area contributed by atoms with Crippen LogP contribution in [0.5, 0.6) is 0 Å². The van der Waals surface area contributed by atoms with Crippen LogP contribution in [0.15, 0.2) is 65.7 Å². The van der Waals surface area contributed by atoms with Gasteiger partial charge in [-0.2, -0.15) is 0 Å². The van der Waals surface area contributed by atoms with Crippen LogP contribution in [0, 0.1) is 0 Å².